The smallest absolute Gasteiger partial charge is 0.337 e. The molecule has 98 valence electrons. The summed E-state index contributed by atoms with van der Waals surface area (Å²) < 4.78 is 0. The number of hydrogen-bond acceptors (Lipinski definition) is 3. The van der Waals surface area contributed by atoms with Crippen molar-refractivity contribution in [2.45, 2.75) is 32.1 Å². The highest BCUT2D eigenvalue weighted by molar-refractivity contribution is 5.94. The second-order valence-corrected chi connectivity index (χ2v) is 4.99. The highest BCUT2D eigenvalue weighted by Gasteiger charge is 2.13. The van der Waals surface area contributed by atoms with Crippen LogP contribution in [0.2, 0.25) is 0 Å². The Hall–Kier alpha value is -1.71. The Morgan fingerprint density at radius 1 is 1.33 bits per heavy atom. The maximum atomic E-state index is 11.0. The van der Waals surface area contributed by atoms with Gasteiger partial charge in [0.05, 0.1) is 5.56 Å². The summed E-state index contributed by atoms with van der Waals surface area (Å²) >= 11 is 0. The number of anilines is 2. The van der Waals surface area contributed by atoms with Crippen LogP contribution >= 0.6 is 0 Å². The van der Waals surface area contributed by atoms with E-state index in [0.717, 1.165) is 12.2 Å². The van der Waals surface area contributed by atoms with Gasteiger partial charge >= 0.3 is 5.97 Å². The van der Waals surface area contributed by atoms with Crippen LogP contribution in [0.4, 0.5) is 11.4 Å². The minimum Gasteiger partial charge on any atom is -0.478 e. The fourth-order valence-electron chi connectivity index (χ4n) is 2.50. The van der Waals surface area contributed by atoms with Crippen LogP contribution < -0.4 is 11.1 Å². The van der Waals surface area contributed by atoms with E-state index >= 15 is 0 Å². The van der Waals surface area contributed by atoms with Crippen molar-refractivity contribution in [1.29, 1.82) is 0 Å². The third kappa shape index (κ3) is 3.15. The molecule has 4 heteroatoms. The summed E-state index contributed by atoms with van der Waals surface area (Å²) in [6.45, 7) is 0.920. The van der Waals surface area contributed by atoms with E-state index in [1.54, 1.807) is 12.1 Å². The molecular formula is C14H20N2O2. The first-order valence-electron chi connectivity index (χ1n) is 6.53. The molecule has 1 saturated carbocycles. The summed E-state index contributed by atoms with van der Waals surface area (Å²) in [5.41, 5.74) is 6.94. The van der Waals surface area contributed by atoms with Gasteiger partial charge in [-0.25, -0.2) is 4.79 Å². The van der Waals surface area contributed by atoms with Gasteiger partial charge in [0.15, 0.2) is 0 Å². The number of nitrogen functional groups attached to an aromatic ring is 1. The van der Waals surface area contributed by atoms with Gasteiger partial charge in [-0.3, -0.25) is 0 Å². The van der Waals surface area contributed by atoms with Crippen molar-refractivity contribution < 1.29 is 9.90 Å². The molecule has 1 aromatic rings. The van der Waals surface area contributed by atoms with Crippen molar-refractivity contribution in [2.75, 3.05) is 17.6 Å². The van der Waals surface area contributed by atoms with E-state index in [4.69, 9.17) is 10.8 Å². The molecule has 0 aliphatic heterocycles. The monoisotopic (exact) mass is 248 g/mol. The SMILES string of the molecule is Nc1ccc(NCC2CCCCC2)cc1C(=O)O. The second-order valence-electron chi connectivity index (χ2n) is 4.99. The first-order valence-corrected chi connectivity index (χ1v) is 6.53. The van der Waals surface area contributed by atoms with Gasteiger partial charge in [0, 0.05) is 17.9 Å². The molecule has 1 aliphatic carbocycles. The van der Waals surface area contributed by atoms with Crippen molar-refractivity contribution in [3.05, 3.63) is 23.8 Å². The molecule has 18 heavy (non-hydrogen) atoms. The maximum absolute atomic E-state index is 11.0. The summed E-state index contributed by atoms with van der Waals surface area (Å²) in [4.78, 5) is 11.0. The number of carboxylic acid groups (broad SMARTS) is 1. The van der Waals surface area contributed by atoms with Gasteiger partial charge in [0.25, 0.3) is 0 Å². The van der Waals surface area contributed by atoms with Crippen LogP contribution in [0.1, 0.15) is 42.5 Å². The van der Waals surface area contributed by atoms with Crippen LogP contribution in [0, 0.1) is 5.92 Å². The van der Waals surface area contributed by atoms with Crippen LogP contribution in [-0.4, -0.2) is 17.6 Å². The molecule has 0 heterocycles. The Kier molecular flexibility index (Phi) is 4.07. The molecule has 0 bridgehead atoms. The average molecular weight is 248 g/mol. The summed E-state index contributed by atoms with van der Waals surface area (Å²) in [5, 5.41) is 12.3. The molecule has 2 rings (SSSR count). The van der Waals surface area contributed by atoms with Crippen molar-refractivity contribution in [3.63, 3.8) is 0 Å². The maximum Gasteiger partial charge on any atom is 0.337 e. The Morgan fingerprint density at radius 2 is 2.06 bits per heavy atom. The highest BCUT2D eigenvalue weighted by Crippen LogP contribution is 2.24. The molecule has 0 aromatic heterocycles. The topological polar surface area (TPSA) is 75.3 Å². The molecule has 4 nitrogen and oxygen atoms in total. The Labute approximate surface area is 107 Å². The Morgan fingerprint density at radius 3 is 2.72 bits per heavy atom. The predicted octanol–water partition coefficient (Wildman–Crippen LogP) is 2.96. The van der Waals surface area contributed by atoms with E-state index in [9.17, 15) is 4.79 Å². The number of carbonyl (C=O) groups is 1. The van der Waals surface area contributed by atoms with E-state index in [1.165, 1.54) is 32.1 Å². The quantitative estimate of drug-likeness (QED) is 0.716. The van der Waals surface area contributed by atoms with Crippen LogP contribution in [0.3, 0.4) is 0 Å². The summed E-state index contributed by atoms with van der Waals surface area (Å²) in [6.07, 6.45) is 6.52. The minimum absolute atomic E-state index is 0.170. The lowest BCUT2D eigenvalue weighted by atomic mass is 9.89. The van der Waals surface area contributed by atoms with Gasteiger partial charge in [0.1, 0.15) is 0 Å². The molecule has 4 N–H and O–H groups in total. The van der Waals surface area contributed by atoms with E-state index in [0.29, 0.717) is 11.6 Å². The Balaban J connectivity index is 1.96. The summed E-state index contributed by atoms with van der Waals surface area (Å²) in [5.74, 6) is -0.265. The number of nitrogens with one attached hydrogen (secondary N) is 1. The number of carboxylic acids is 1. The molecule has 0 spiro atoms. The average Bonchev–Trinajstić information content (AvgIpc) is 2.38. The molecular weight excluding hydrogens is 228 g/mol. The molecule has 1 aliphatic rings. The number of hydrogen-bond donors (Lipinski definition) is 3. The number of rotatable bonds is 4. The molecule has 0 unspecified atom stereocenters. The van der Waals surface area contributed by atoms with Crippen LogP contribution in [0.5, 0.6) is 0 Å². The third-order valence-electron chi connectivity index (χ3n) is 3.60. The highest BCUT2D eigenvalue weighted by atomic mass is 16.4. The van der Waals surface area contributed by atoms with Crippen LogP contribution in [0.15, 0.2) is 18.2 Å². The normalized spacial score (nSPS) is 16.4. The van der Waals surface area contributed by atoms with Crippen LogP contribution in [-0.2, 0) is 0 Å². The molecule has 1 fully saturated rings. The van der Waals surface area contributed by atoms with Gasteiger partial charge < -0.3 is 16.2 Å². The van der Waals surface area contributed by atoms with Gasteiger partial charge in [-0.05, 0) is 37.0 Å². The van der Waals surface area contributed by atoms with Gasteiger partial charge in [0.2, 0.25) is 0 Å². The number of nitrogens with two attached hydrogens (primary N) is 1. The molecule has 1 aromatic carbocycles. The van der Waals surface area contributed by atoms with E-state index < -0.39 is 5.97 Å². The van der Waals surface area contributed by atoms with E-state index in [-0.39, 0.29) is 5.56 Å². The summed E-state index contributed by atoms with van der Waals surface area (Å²) in [7, 11) is 0. The Bertz CT molecular complexity index is 426. The predicted molar refractivity (Wildman–Crippen MR) is 72.9 cm³/mol. The number of benzene rings is 1. The van der Waals surface area contributed by atoms with Crippen LogP contribution in [0.25, 0.3) is 0 Å². The molecule has 0 saturated heterocycles. The lowest BCUT2D eigenvalue weighted by molar-refractivity contribution is 0.0698. The molecule has 0 amide bonds. The van der Waals surface area contributed by atoms with Crippen molar-refractivity contribution in [2.24, 2.45) is 5.92 Å². The van der Waals surface area contributed by atoms with Crippen molar-refractivity contribution in [3.8, 4) is 0 Å². The van der Waals surface area contributed by atoms with E-state index in [1.807, 2.05) is 6.07 Å². The van der Waals surface area contributed by atoms with Gasteiger partial charge in [-0.15, -0.1) is 0 Å². The first-order chi connectivity index (χ1) is 8.66. The zero-order valence-corrected chi connectivity index (χ0v) is 10.5. The fourth-order valence-corrected chi connectivity index (χ4v) is 2.50. The largest absolute Gasteiger partial charge is 0.478 e. The van der Waals surface area contributed by atoms with Gasteiger partial charge in [-0.1, -0.05) is 19.3 Å². The molecule has 0 radical (unpaired) electrons. The molecule has 0 atom stereocenters. The first kappa shape index (κ1) is 12.7. The fraction of sp³-hybridized carbons (Fsp3) is 0.500. The van der Waals surface area contributed by atoms with Crippen molar-refractivity contribution >= 4 is 17.3 Å². The second kappa shape index (κ2) is 5.76. The van der Waals surface area contributed by atoms with Crippen molar-refractivity contribution in [1.82, 2.24) is 0 Å². The standard InChI is InChI=1S/C14H20N2O2/c15-13-7-6-11(8-12(13)14(17)18)16-9-10-4-2-1-3-5-10/h6-8,10,16H,1-5,9,15H2,(H,17,18). The van der Waals surface area contributed by atoms with Gasteiger partial charge in [-0.2, -0.15) is 0 Å². The number of aromatic carboxylic acids is 1. The zero-order valence-electron chi connectivity index (χ0n) is 10.5. The lowest BCUT2D eigenvalue weighted by Gasteiger charge is -2.22. The van der Waals surface area contributed by atoms with E-state index in [2.05, 4.69) is 5.32 Å². The lowest BCUT2D eigenvalue weighted by Crippen LogP contribution is -2.17. The third-order valence-corrected chi connectivity index (χ3v) is 3.60. The minimum atomic E-state index is -0.978. The summed E-state index contributed by atoms with van der Waals surface area (Å²) in [6, 6.07) is 5.09. The zero-order chi connectivity index (χ0) is 13.0.